The molecule has 1 aromatic carbocycles. The first-order valence-electron chi connectivity index (χ1n) is 4.89. The minimum absolute atomic E-state index is 0. The molecule has 1 saturated heterocycles. The van der Waals surface area contributed by atoms with Gasteiger partial charge in [-0.3, -0.25) is 4.90 Å². The van der Waals surface area contributed by atoms with Gasteiger partial charge in [0.15, 0.2) is 0 Å². The van der Waals surface area contributed by atoms with E-state index in [-0.39, 0.29) is 19.5 Å². The Labute approximate surface area is 112 Å². The summed E-state index contributed by atoms with van der Waals surface area (Å²) in [5.74, 6) is 0. The first kappa shape index (κ1) is 13.3. The number of halogens is 1. The molecule has 0 unspecified atom stereocenters. The summed E-state index contributed by atoms with van der Waals surface area (Å²) in [6, 6.07) is 8.52. The molecule has 1 aliphatic heterocycles. The monoisotopic (exact) mass is 319 g/mol. The maximum atomic E-state index is 5.31. The second-order valence-corrected chi connectivity index (χ2v) is 4.43. The Morgan fingerprint density at radius 1 is 1.13 bits per heavy atom. The summed E-state index contributed by atoms with van der Waals surface area (Å²) in [6.45, 7) is 4.88. The smallest absolute Gasteiger partial charge is 0.0594 e. The zero-order valence-electron chi connectivity index (χ0n) is 8.79. The molecule has 1 aromatic rings. The number of rotatable bonds is 2. The van der Waals surface area contributed by atoms with Crippen LogP contribution in [0.25, 0.3) is 0 Å². The molecule has 0 atom stereocenters. The van der Waals surface area contributed by atoms with E-state index < -0.39 is 0 Å². The Bertz CT molecular complexity index is 285. The molecule has 0 aromatic heterocycles. The van der Waals surface area contributed by atoms with Crippen molar-refractivity contribution < 1.29 is 24.2 Å². The number of nitrogens with zero attached hydrogens (tertiary/aromatic N) is 1. The summed E-state index contributed by atoms with van der Waals surface area (Å²) in [5.41, 5.74) is 1.37. The van der Waals surface area contributed by atoms with Crippen molar-refractivity contribution in [2.45, 2.75) is 6.54 Å². The van der Waals surface area contributed by atoms with Crippen molar-refractivity contribution in [2.24, 2.45) is 0 Å². The zero-order chi connectivity index (χ0) is 9.80. The molecule has 0 radical (unpaired) electrons. The van der Waals surface area contributed by atoms with E-state index in [1.807, 2.05) is 0 Å². The third-order valence-electron chi connectivity index (χ3n) is 2.42. The van der Waals surface area contributed by atoms with E-state index in [1.165, 1.54) is 5.56 Å². The fourth-order valence-corrected chi connectivity index (χ4v) is 1.87. The van der Waals surface area contributed by atoms with Crippen LogP contribution < -0.4 is 0 Å². The third kappa shape index (κ3) is 4.32. The second-order valence-electron chi connectivity index (χ2n) is 3.51. The van der Waals surface area contributed by atoms with Crippen LogP contribution in [0.1, 0.15) is 5.56 Å². The Hall–Kier alpha value is 0.243. The molecular formula is C11H14BrNOZn. The quantitative estimate of drug-likeness (QED) is 0.775. The van der Waals surface area contributed by atoms with Crippen LogP contribution in [0.15, 0.2) is 28.7 Å². The number of morpholine rings is 1. The largest absolute Gasteiger partial charge is 0.379 e. The van der Waals surface area contributed by atoms with Crippen molar-refractivity contribution in [1.82, 2.24) is 4.90 Å². The summed E-state index contributed by atoms with van der Waals surface area (Å²) in [4.78, 5) is 2.42. The minimum Gasteiger partial charge on any atom is -0.379 e. The predicted molar refractivity (Wildman–Crippen MR) is 60.2 cm³/mol. The average Bonchev–Trinajstić information content (AvgIpc) is 2.23. The van der Waals surface area contributed by atoms with E-state index in [1.54, 1.807) is 0 Å². The van der Waals surface area contributed by atoms with Gasteiger partial charge in [-0.05, 0) is 17.7 Å². The molecule has 0 spiro atoms. The van der Waals surface area contributed by atoms with Gasteiger partial charge < -0.3 is 4.74 Å². The zero-order valence-corrected chi connectivity index (χ0v) is 13.3. The normalized spacial score (nSPS) is 17.1. The Kier molecular flexibility index (Phi) is 5.99. The van der Waals surface area contributed by atoms with Gasteiger partial charge in [0.25, 0.3) is 0 Å². The van der Waals surface area contributed by atoms with Crippen LogP contribution in [0.3, 0.4) is 0 Å². The van der Waals surface area contributed by atoms with Crippen molar-refractivity contribution in [3.63, 3.8) is 0 Å². The summed E-state index contributed by atoms with van der Waals surface area (Å²) in [7, 11) is 0. The third-order valence-corrected chi connectivity index (χ3v) is 2.95. The van der Waals surface area contributed by atoms with Crippen LogP contribution in [-0.4, -0.2) is 31.2 Å². The van der Waals surface area contributed by atoms with Crippen LogP contribution in [0.2, 0.25) is 0 Å². The number of hydrogen-bond acceptors (Lipinski definition) is 2. The van der Waals surface area contributed by atoms with Crippen molar-refractivity contribution in [1.29, 1.82) is 0 Å². The summed E-state index contributed by atoms with van der Waals surface area (Å²) < 4.78 is 6.45. The molecular weight excluding hydrogens is 307 g/mol. The molecule has 1 aliphatic rings. The molecule has 0 aliphatic carbocycles. The first-order valence-corrected chi connectivity index (χ1v) is 5.68. The molecule has 4 heteroatoms. The van der Waals surface area contributed by atoms with E-state index >= 15 is 0 Å². The number of hydrogen-bond donors (Lipinski definition) is 0. The number of ether oxygens (including phenoxy) is 1. The fourth-order valence-electron chi connectivity index (χ4n) is 1.61. The summed E-state index contributed by atoms with van der Waals surface area (Å²) in [5, 5.41) is 0. The Balaban J connectivity index is 0.00000112. The van der Waals surface area contributed by atoms with Gasteiger partial charge in [0.1, 0.15) is 0 Å². The topological polar surface area (TPSA) is 12.5 Å². The Morgan fingerprint density at radius 3 is 2.33 bits per heavy atom. The van der Waals surface area contributed by atoms with Gasteiger partial charge in [0.05, 0.1) is 13.2 Å². The standard InChI is InChI=1S/C11H14BrNO.Zn/c12-11-3-1-10(2-4-11)9-13-5-7-14-8-6-13;/h1-4H,5-9H2;. The molecule has 0 N–H and O–H groups in total. The molecule has 0 amide bonds. The van der Waals surface area contributed by atoms with Gasteiger partial charge in [-0.25, -0.2) is 0 Å². The molecule has 2 rings (SSSR count). The van der Waals surface area contributed by atoms with Crippen LogP contribution in [0, 0.1) is 0 Å². The van der Waals surface area contributed by atoms with E-state index in [0.717, 1.165) is 37.3 Å². The molecule has 78 valence electrons. The maximum Gasteiger partial charge on any atom is 0.0594 e. The van der Waals surface area contributed by atoms with Gasteiger partial charge >= 0.3 is 0 Å². The summed E-state index contributed by atoms with van der Waals surface area (Å²) in [6.07, 6.45) is 0. The molecule has 1 fully saturated rings. The van der Waals surface area contributed by atoms with Crippen LogP contribution in [-0.2, 0) is 30.8 Å². The summed E-state index contributed by atoms with van der Waals surface area (Å²) >= 11 is 3.44. The van der Waals surface area contributed by atoms with Gasteiger partial charge in [-0.15, -0.1) is 0 Å². The molecule has 1 heterocycles. The SMILES string of the molecule is Brc1ccc(CN2CCOCC2)cc1.[Zn]. The predicted octanol–water partition coefficient (Wildman–Crippen LogP) is 2.28. The van der Waals surface area contributed by atoms with Gasteiger partial charge in [-0.2, -0.15) is 0 Å². The van der Waals surface area contributed by atoms with E-state index in [2.05, 4.69) is 45.1 Å². The van der Waals surface area contributed by atoms with Crippen molar-refractivity contribution in [3.8, 4) is 0 Å². The van der Waals surface area contributed by atoms with Crippen molar-refractivity contribution in [3.05, 3.63) is 34.3 Å². The Morgan fingerprint density at radius 2 is 1.73 bits per heavy atom. The number of benzene rings is 1. The van der Waals surface area contributed by atoms with E-state index in [0.29, 0.717) is 0 Å². The average molecular weight is 322 g/mol. The van der Waals surface area contributed by atoms with Gasteiger partial charge in [0.2, 0.25) is 0 Å². The van der Waals surface area contributed by atoms with Gasteiger partial charge in [0, 0.05) is 43.6 Å². The molecule has 0 saturated carbocycles. The van der Waals surface area contributed by atoms with E-state index in [4.69, 9.17) is 4.74 Å². The van der Waals surface area contributed by atoms with E-state index in [9.17, 15) is 0 Å². The van der Waals surface area contributed by atoms with Crippen LogP contribution in [0.5, 0.6) is 0 Å². The van der Waals surface area contributed by atoms with Gasteiger partial charge in [-0.1, -0.05) is 28.1 Å². The van der Waals surface area contributed by atoms with Crippen LogP contribution in [0.4, 0.5) is 0 Å². The maximum absolute atomic E-state index is 5.31. The van der Waals surface area contributed by atoms with Crippen LogP contribution >= 0.6 is 15.9 Å². The van der Waals surface area contributed by atoms with Crippen molar-refractivity contribution in [2.75, 3.05) is 26.3 Å². The molecule has 2 nitrogen and oxygen atoms in total. The molecule has 0 bridgehead atoms. The minimum atomic E-state index is 0. The second kappa shape index (κ2) is 6.75. The van der Waals surface area contributed by atoms with Crippen molar-refractivity contribution >= 4 is 15.9 Å². The fraction of sp³-hybridized carbons (Fsp3) is 0.455. The first-order chi connectivity index (χ1) is 6.84. The molecule has 15 heavy (non-hydrogen) atoms.